The maximum absolute atomic E-state index is 3.71. The molecule has 0 bridgehead atoms. The summed E-state index contributed by atoms with van der Waals surface area (Å²) >= 11 is 0. The molecule has 0 unspecified atom stereocenters. The smallest absolute Gasteiger partial charge is 0.0219 e. The predicted octanol–water partition coefficient (Wildman–Crippen LogP) is 6.29. The first-order valence-corrected chi connectivity index (χ1v) is 6.79. The molecule has 0 amide bonds. The Labute approximate surface area is 109 Å². The highest BCUT2D eigenvalue weighted by Crippen LogP contribution is 2.14. The Kier molecular flexibility index (Phi) is 14.0. The average molecular weight is 234 g/mol. The van der Waals surface area contributed by atoms with Crippen LogP contribution in [0.15, 0.2) is 30.8 Å². The summed E-state index contributed by atoms with van der Waals surface area (Å²) in [6.07, 6.45) is 4.37. The van der Waals surface area contributed by atoms with Crippen molar-refractivity contribution in [1.82, 2.24) is 0 Å². The third kappa shape index (κ3) is 11.2. The van der Waals surface area contributed by atoms with Crippen LogP contribution in [0.3, 0.4) is 0 Å². The summed E-state index contributed by atoms with van der Waals surface area (Å²) in [7, 11) is 0. The first-order chi connectivity index (χ1) is 8.06. The van der Waals surface area contributed by atoms with E-state index in [0.29, 0.717) is 5.92 Å². The van der Waals surface area contributed by atoms with Gasteiger partial charge in [0.1, 0.15) is 0 Å². The lowest BCUT2D eigenvalue weighted by atomic mass is 10.0. The van der Waals surface area contributed by atoms with E-state index in [1.54, 1.807) is 0 Å². The van der Waals surface area contributed by atoms with Crippen molar-refractivity contribution in [3.8, 4) is 0 Å². The highest BCUT2D eigenvalue weighted by atomic mass is 14.0. The van der Waals surface area contributed by atoms with E-state index >= 15 is 0 Å². The van der Waals surface area contributed by atoms with Gasteiger partial charge in [0.2, 0.25) is 0 Å². The Balaban J connectivity index is 0. The summed E-state index contributed by atoms with van der Waals surface area (Å²) in [5.74, 6) is 0.619. The van der Waals surface area contributed by atoms with Crippen LogP contribution in [0, 0.1) is 0 Å². The molecule has 1 aromatic rings. The number of hydrogen-bond acceptors (Lipinski definition) is 0. The summed E-state index contributed by atoms with van der Waals surface area (Å²) in [5.41, 5.74) is 2.57. The molecular formula is C17H30. The largest absolute Gasteiger partial charge is 0.0985 e. The van der Waals surface area contributed by atoms with Crippen LogP contribution >= 0.6 is 0 Å². The van der Waals surface area contributed by atoms with Crippen LogP contribution in [0.2, 0.25) is 0 Å². The minimum Gasteiger partial charge on any atom is -0.0985 e. The van der Waals surface area contributed by atoms with E-state index in [0.717, 1.165) is 0 Å². The third-order valence-electron chi connectivity index (χ3n) is 1.84. The molecule has 0 atom stereocenters. The third-order valence-corrected chi connectivity index (χ3v) is 1.84. The molecule has 0 aliphatic carbocycles. The minimum atomic E-state index is 0.619. The van der Waals surface area contributed by atoms with Crippen LogP contribution in [0.4, 0.5) is 0 Å². The van der Waals surface area contributed by atoms with Crippen molar-refractivity contribution in [2.24, 2.45) is 0 Å². The topological polar surface area (TPSA) is 0 Å². The predicted molar refractivity (Wildman–Crippen MR) is 82.6 cm³/mol. The van der Waals surface area contributed by atoms with E-state index in [-0.39, 0.29) is 0 Å². The van der Waals surface area contributed by atoms with Crippen LogP contribution < -0.4 is 0 Å². The molecule has 98 valence electrons. The second-order valence-corrected chi connectivity index (χ2v) is 4.44. The van der Waals surface area contributed by atoms with Crippen LogP contribution in [-0.4, -0.2) is 0 Å². The second kappa shape index (κ2) is 13.0. The summed E-state index contributed by atoms with van der Waals surface area (Å²) < 4.78 is 0. The Morgan fingerprint density at radius 3 is 1.53 bits per heavy atom. The molecule has 0 aliphatic heterocycles. The van der Waals surface area contributed by atoms with Gasteiger partial charge in [-0.25, -0.2) is 0 Å². The average Bonchev–Trinajstić information content (AvgIpc) is 2.31. The maximum atomic E-state index is 3.71. The van der Waals surface area contributed by atoms with Gasteiger partial charge in [-0.05, 0) is 17.0 Å². The molecule has 0 heterocycles. The first kappa shape index (κ1) is 18.3. The fourth-order valence-corrected chi connectivity index (χ4v) is 1.02. The van der Waals surface area contributed by atoms with Gasteiger partial charge in [-0.2, -0.15) is 0 Å². The summed E-state index contributed by atoms with van der Waals surface area (Å²) in [6.45, 7) is 16.6. The van der Waals surface area contributed by atoms with E-state index in [4.69, 9.17) is 0 Å². The van der Waals surface area contributed by atoms with Crippen molar-refractivity contribution >= 4 is 6.08 Å². The van der Waals surface area contributed by atoms with Crippen molar-refractivity contribution in [2.75, 3.05) is 0 Å². The molecular weight excluding hydrogens is 204 g/mol. The van der Waals surface area contributed by atoms with E-state index in [2.05, 4.69) is 72.4 Å². The molecule has 1 aromatic carbocycles. The Morgan fingerprint density at radius 2 is 1.29 bits per heavy atom. The van der Waals surface area contributed by atoms with E-state index in [1.807, 2.05) is 6.08 Å². The summed E-state index contributed by atoms with van der Waals surface area (Å²) in [5, 5.41) is 0. The highest BCUT2D eigenvalue weighted by molar-refractivity contribution is 5.47. The SMILES string of the molecule is C=Cc1ccc(C(C)C)cc1.CCC.CCC. The van der Waals surface area contributed by atoms with Crippen LogP contribution in [0.25, 0.3) is 6.08 Å². The van der Waals surface area contributed by atoms with Crippen LogP contribution in [0.5, 0.6) is 0 Å². The van der Waals surface area contributed by atoms with Crippen molar-refractivity contribution in [3.05, 3.63) is 42.0 Å². The quantitative estimate of drug-likeness (QED) is 0.564. The van der Waals surface area contributed by atoms with Gasteiger partial charge in [0.05, 0.1) is 0 Å². The summed E-state index contributed by atoms with van der Waals surface area (Å²) in [4.78, 5) is 0. The van der Waals surface area contributed by atoms with Crippen molar-refractivity contribution in [2.45, 2.75) is 60.3 Å². The molecule has 0 radical (unpaired) electrons. The van der Waals surface area contributed by atoms with Gasteiger partial charge in [-0.15, -0.1) is 0 Å². The zero-order chi connectivity index (χ0) is 13.7. The molecule has 0 N–H and O–H groups in total. The highest BCUT2D eigenvalue weighted by Gasteiger charge is 1.95. The van der Waals surface area contributed by atoms with Gasteiger partial charge in [-0.3, -0.25) is 0 Å². The molecule has 0 heteroatoms. The van der Waals surface area contributed by atoms with E-state index in [1.165, 1.54) is 24.0 Å². The number of rotatable bonds is 2. The Hall–Kier alpha value is -1.04. The molecule has 0 aromatic heterocycles. The van der Waals surface area contributed by atoms with E-state index < -0.39 is 0 Å². The molecule has 0 fully saturated rings. The lowest BCUT2D eigenvalue weighted by Gasteiger charge is -2.04. The molecule has 17 heavy (non-hydrogen) atoms. The Bertz CT molecular complexity index is 252. The van der Waals surface area contributed by atoms with Gasteiger partial charge in [0, 0.05) is 0 Å². The molecule has 0 aliphatic rings. The van der Waals surface area contributed by atoms with Crippen LogP contribution in [-0.2, 0) is 0 Å². The lowest BCUT2D eigenvalue weighted by Crippen LogP contribution is -1.85. The lowest BCUT2D eigenvalue weighted by molar-refractivity contribution is 0.866. The van der Waals surface area contributed by atoms with Crippen molar-refractivity contribution in [1.29, 1.82) is 0 Å². The van der Waals surface area contributed by atoms with Gasteiger partial charge < -0.3 is 0 Å². The van der Waals surface area contributed by atoms with Gasteiger partial charge >= 0.3 is 0 Å². The first-order valence-electron chi connectivity index (χ1n) is 6.79. The number of hydrogen-bond donors (Lipinski definition) is 0. The molecule has 0 saturated heterocycles. The van der Waals surface area contributed by atoms with E-state index in [9.17, 15) is 0 Å². The fourth-order valence-electron chi connectivity index (χ4n) is 1.02. The molecule has 0 spiro atoms. The Morgan fingerprint density at radius 1 is 0.941 bits per heavy atom. The fraction of sp³-hybridized carbons (Fsp3) is 0.529. The normalized spacial score (nSPS) is 8.65. The minimum absolute atomic E-state index is 0.619. The molecule has 0 nitrogen and oxygen atoms in total. The monoisotopic (exact) mass is 234 g/mol. The standard InChI is InChI=1S/C11H14.2C3H8/c1-4-10-5-7-11(8-6-10)9(2)3;2*1-3-2/h4-9H,1H2,2-3H3;2*3H2,1-2H3. The molecule has 1 rings (SSSR count). The summed E-state index contributed by atoms with van der Waals surface area (Å²) in [6, 6.07) is 8.51. The van der Waals surface area contributed by atoms with Crippen molar-refractivity contribution < 1.29 is 0 Å². The van der Waals surface area contributed by atoms with Gasteiger partial charge in [0.25, 0.3) is 0 Å². The maximum Gasteiger partial charge on any atom is -0.0219 e. The second-order valence-electron chi connectivity index (χ2n) is 4.44. The zero-order valence-electron chi connectivity index (χ0n) is 12.6. The van der Waals surface area contributed by atoms with Gasteiger partial charge in [-0.1, -0.05) is 91.3 Å². The number of benzene rings is 1. The van der Waals surface area contributed by atoms with Crippen LogP contribution in [0.1, 0.15) is 71.4 Å². The zero-order valence-corrected chi connectivity index (χ0v) is 12.6. The van der Waals surface area contributed by atoms with Crippen molar-refractivity contribution in [3.63, 3.8) is 0 Å². The van der Waals surface area contributed by atoms with Gasteiger partial charge in [0.15, 0.2) is 0 Å². The molecule has 0 saturated carbocycles.